The molecule has 7 nitrogen and oxygen atoms in total. The van der Waals surface area contributed by atoms with Gasteiger partial charge in [-0.05, 0) is 18.8 Å². The monoisotopic (exact) mass is 326 g/mol. The second-order valence-corrected chi connectivity index (χ2v) is 8.21. The number of anilines is 1. The van der Waals surface area contributed by atoms with Crippen LogP contribution >= 0.6 is 0 Å². The summed E-state index contributed by atoms with van der Waals surface area (Å²) in [5, 5.41) is 5.80. The molecular formula is C14H22N4O3S. The summed E-state index contributed by atoms with van der Waals surface area (Å²) in [6, 6.07) is -0.318. The molecule has 2 rings (SSSR count). The minimum absolute atomic E-state index is 0.00837. The van der Waals surface area contributed by atoms with Crippen molar-refractivity contribution in [1.29, 1.82) is 0 Å². The van der Waals surface area contributed by atoms with Gasteiger partial charge in [0, 0.05) is 25.0 Å². The lowest BCUT2D eigenvalue weighted by molar-refractivity contribution is 0.0940. The Bertz CT molecular complexity index is 613. The van der Waals surface area contributed by atoms with Crippen LogP contribution in [0.5, 0.6) is 0 Å². The quantitative estimate of drug-likeness (QED) is 0.804. The average Bonchev–Trinajstić information content (AvgIpc) is 2.78. The highest BCUT2D eigenvalue weighted by atomic mass is 32.2. The van der Waals surface area contributed by atoms with Crippen molar-refractivity contribution in [1.82, 2.24) is 15.3 Å². The van der Waals surface area contributed by atoms with Gasteiger partial charge in [-0.2, -0.15) is 0 Å². The van der Waals surface area contributed by atoms with Crippen molar-refractivity contribution in [3.8, 4) is 0 Å². The van der Waals surface area contributed by atoms with Crippen LogP contribution in [0.2, 0.25) is 0 Å². The number of amides is 1. The standard InChI is InChI=1S/C14H22N4O3S/c1-10(2)3-5-15-14-16-7-11(8-17-14)13(19)18-12-4-6-22(20,21)9-12/h7-8,10,12H,3-6,9H2,1-2H3,(H,18,19)(H,15,16,17). The molecule has 2 N–H and O–H groups in total. The fourth-order valence-corrected chi connectivity index (χ4v) is 3.86. The predicted molar refractivity (Wildman–Crippen MR) is 84.5 cm³/mol. The van der Waals surface area contributed by atoms with E-state index in [0.717, 1.165) is 13.0 Å². The average molecular weight is 326 g/mol. The van der Waals surface area contributed by atoms with Crippen molar-refractivity contribution in [3.63, 3.8) is 0 Å². The SMILES string of the molecule is CC(C)CCNc1ncc(C(=O)NC2CCS(=O)(=O)C2)cn1. The van der Waals surface area contributed by atoms with Crippen LogP contribution in [-0.2, 0) is 9.84 Å². The summed E-state index contributed by atoms with van der Waals surface area (Å²) in [4.78, 5) is 20.2. The molecule has 1 unspecified atom stereocenters. The highest BCUT2D eigenvalue weighted by molar-refractivity contribution is 7.91. The third-order valence-corrected chi connectivity index (χ3v) is 5.25. The topological polar surface area (TPSA) is 101 Å². The van der Waals surface area contributed by atoms with E-state index in [9.17, 15) is 13.2 Å². The lowest BCUT2D eigenvalue weighted by Gasteiger charge is -2.11. The zero-order valence-corrected chi connectivity index (χ0v) is 13.7. The Balaban J connectivity index is 1.86. The van der Waals surface area contributed by atoms with Crippen molar-refractivity contribution in [2.24, 2.45) is 5.92 Å². The van der Waals surface area contributed by atoms with E-state index in [-0.39, 0.29) is 23.5 Å². The number of sulfone groups is 1. The smallest absolute Gasteiger partial charge is 0.254 e. The van der Waals surface area contributed by atoms with Gasteiger partial charge in [-0.25, -0.2) is 18.4 Å². The molecule has 0 aliphatic carbocycles. The zero-order valence-electron chi connectivity index (χ0n) is 12.9. The number of carbonyl (C=O) groups is 1. The number of hydrogen-bond donors (Lipinski definition) is 2. The molecule has 1 atom stereocenters. The highest BCUT2D eigenvalue weighted by Gasteiger charge is 2.29. The lowest BCUT2D eigenvalue weighted by atomic mass is 10.1. The van der Waals surface area contributed by atoms with E-state index in [2.05, 4.69) is 34.4 Å². The van der Waals surface area contributed by atoms with Gasteiger partial charge in [0.05, 0.1) is 17.1 Å². The fourth-order valence-electron chi connectivity index (χ4n) is 2.19. The first kappa shape index (κ1) is 16.7. The fraction of sp³-hybridized carbons (Fsp3) is 0.643. The summed E-state index contributed by atoms with van der Waals surface area (Å²) in [6.45, 7) is 5.06. The number of rotatable bonds is 6. The van der Waals surface area contributed by atoms with Gasteiger partial charge in [0.25, 0.3) is 5.91 Å². The maximum Gasteiger partial charge on any atom is 0.254 e. The number of nitrogens with one attached hydrogen (secondary N) is 2. The van der Waals surface area contributed by atoms with Gasteiger partial charge in [-0.3, -0.25) is 4.79 Å². The summed E-state index contributed by atoms with van der Waals surface area (Å²) < 4.78 is 22.7. The van der Waals surface area contributed by atoms with E-state index in [1.807, 2.05) is 0 Å². The Morgan fingerprint density at radius 1 is 1.36 bits per heavy atom. The Morgan fingerprint density at radius 3 is 2.59 bits per heavy atom. The van der Waals surface area contributed by atoms with Crippen LogP contribution in [0.25, 0.3) is 0 Å². The van der Waals surface area contributed by atoms with Crippen molar-refractivity contribution in [3.05, 3.63) is 18.0 Å². The van der Waals surface area contributed by atoms with Gasteiger partial charge in [-0.1, -0.05) is 13.8 Å². The van der Waals surface area contributed by atoms with Crippen molar-refractivity contribution in [2.75, 3.05) is 23.4 Å². The van der Waals surface area contributed by atoms with Gasteiger partial charge in [-0.15, -0.1) is 0 Å². The second-order valence-electron chi connectivity index (χ2n) is 5.98. The van der Waals surface area contributed by atoms with E-state index >= 15 is 0 Å². The molecule has 1 amide bonds. The molecule has 0 saturated carbocycles. The lowest BCUT2D eigenvalue weighted by Crippen LogP contribution is -2.35. The van der Waals surface area contributed by atoms with Crippen LogP contribution < -0.4 is 10.6 Å². The summed E-state index contributed by atoms with van der Waals surface area (Å²) in [6.07, 6.45) is 4.37. The first-order valence-corrected chi connectivity index (χ1v) is 9.25. The minimum Gasteiger partial charge on any atom is -0.354 e. The molecular weight excluding hydrogens is 304 g/mol. The largest absolute Gasteiger partial charge is 0.354 e. The van der Waals surface area contributed by atoms with Crippen molar-refractivity contribution in [2.45, 2.75) is 32.7 Å². The van der Waals surface area contributed by atoms with Crippen LogP contribution in [0.3, 0.4) is 0 Å². The van der Waals surface area contributed by atoms with Gasteiger partial charge >= 0.3 is 0 Å². The maximum absolute atomic E-state index is 12.0. The molecule has 1 fully saturated rings. The Morgan fingerprint density at radius 2 is 2.05 bits per heavy atom. The zero-order chi connectivity index (χ0) is 16.2. The number of nitrogens with zero attached hydrogens (tertiary/aromatic N) is 2. The maximum atomic E-state index is 12.0. The molecule has 22 heavy (non-hydrogen) atoms. The molecule has 2 heterocycles. The minimum atomic E-state index is -3.00. The van der Waals surface area contributed by atoms with Crippen LogP contribution in [0, 0.1) is 5.92 Å². The molecule has 8 heteroatoms. The van der Waals surface area contributed by atoms with Gasteiger partial charge < -0.3 is 10.6 Å². The first-order valence-electron chi connectivity index (χ1n) is 7.43. The van der Waals surface area contributed by atoms with Gasteiger partial charge in [0.15, 0.2) is 9.84 Å². The Hall–Kier alpha value is -1.70. The summed E-state index contributed by atoms with van der Waals surface area (Å²) in [5.41, 5.74) is 0.332. The van der Waals surface area contributed by atoms with E-state index in [1.54, 1.807) is 0 Å². The highest BCUT2D eigenvalue weighted by Crippen LogP contribution is 2.12. The van der Waals surface area contributed by atoms with Gasteiger partial charge in [0.1, 0.15) is 0 Å². The third kappa shape index (κ3) is 4.94. The Labute approximate surface area is 130 Å². The second kappa shape index (κ2) is 7.04. The molecule has 0 radical (unpaired) electrons. The molecule has 1 aliphatic heterocycles. The summed E-state index contributed by atoms with van der Waals surface area (Å²) in [7, 11) is -3.00. The van der Waals surface area contributed by atoms with Crippen LogP contribution in [0.1, 0.15) is 37.0 Å². The third-order valence-electron chi connectivity index (χ3n) is 3.49. The normalized spacial score (nSPS) is 20.0. The summed E-state index contributed by atoms with van der Waals surface area (Å²) in [5.74, 6) is 0.887. The molecule has 1 aliphatic rings. The van der Waals surface area contributed by atoms with Crippen molar-refractivity contribution >= 4 is 21.7 Å². The predicted octanol–water partition coefficient (Wildman–Crippen LogP) is 0.851. The van der Waals surface area contributed by atoms with E-state index in [0.29, 0.717) is 23.9 Å². The molecule has 122 valence electrons. The number of hydrogen-bond acceptors (Lipinski definition) is 6. The molecule has 0 spiro atoms. The van der Waals surface area contributed by atoms with E-state index in [4.69, 9.17) is 0 Å². The molecule has 0 bridgehead atoms. The van der Waals surface area contributed by atoms with E-state index < -0.39 is 9.84 Å². The van der Waals surface area contributed by atoms with Gasteiger partial charge in [0.2, 0.25) is 5.95 Å². The molecule has 1 saturated heterocycles. The van der Waals surface area contributed by atoms with Crippen LogP contribution in [0.15, 0.2) is 12.4 Å². The first-order chi connectivity index (χ1) is 10.4. The van der Waals surface area contributed by atoms with Crippen molar-refractivity contribution < 1.29 is 13.2 Å². The molecule has 1 aromatic rings. The van der Waals surface area contributed by atoms with Crippen LogP contribution in [0.4, 0.5) is 5.95 Å². The number of aromatic nitrogens is 2. The molecule has 1 aromatic heterocycles. The number of carbonyl (C=O) groups excluding carboxylic acids is 1. The summed E-state index contributed by atoms with van der Waals surface area (Å²) >= 11 is 0. The van der Waals surface area contributed by atoms with E-state index in [1.165, 1.54) is 12.4 Å². The molecule has 0 aromatic carbocycles. The Kier molecular flexibility index (Phi) is 5.33. The van der Waals surface area contributed by atoms with Crippen LogP contribution in [-0.4, -0.2) is 48.4 Å².